The van der Waals surface area contributed by atoms with Gasteiger partial charge in [-0.1, -0.05) is 12.1 Å². The lowest BCUT2D eigenvalue weighted by Crippen LogP contribution is -2.58. The van der Waals surface area contributed by atoms with Crippen LogP contribution in [0.25, 0.3) is 0 Å². The highest BCUT2D eigenvalue weighted by molar-refractivity contribution is 6.21. The Hall–Kier alpha value is -3.89. The van der Waals surface area contributed by atoms with Crippen molar-refractivity contribution >= 4 is 35.0 Å². The number of carbonyl (C=O) groups excluding carboxylic acids is 1. The zero-order valence-corrected chi connectivity index (χ0v) is 18.6. The summed E-state index contributed by atoms with van der Waals surface area (Å²) < 4.78 is 30.9. The molecule has 0 amide bonds. The highest BCUT2D eigenvalue weighted by atomic mass is 19.1. The minimum atomic E-state index is -2.35. The summed E-state index contributed by atoms with van der Waals surface area (Å²) in [5.74, 6) is -4.37. The normalized spacial score (nSPS) is 22.1. The Morgan fingerprint density at radius 3 is 2.54 bits per heavy atom. The fourth-order valence-corrected chi connectivity index (χ4v) is 4.82. The molecule has 0 spiro atoms. The van der Waals surface area contributed by atoms with Gasteiger partial charge in [0.25, 0.3) is 5.69 Å². The first-order chi connectivity index (χ1) is 16.7. The molecule has 1 N–H and O–H groups in total. The van der Waals surface area contributed by atoms with E-state index in [1.54, 1.807) is 4.90 Å². The number of nitro groups is 1. The molecule has 1 aliphatic carbocycles. The zero-order valence-electron chi connectivity index (χ0n) is 18.6. The van der Waals surface area contributed by atoms with E-state index in [4.69, 9.17) is 0 Å². The van der Waals surface area contributed by atoms with Crippen LogP contribution in [0.4, 0.5) is 25.8 Å². The molecule has 11 heteroatoms. The molecule has 2 aromatic rings. The lowest BCUT2D eigenvalue weighted by molar-refractivity contribution is -0.384. The van der Waals surface area contributed by atoms with Crippen LogP contribution in [0, 0.1) is 21.7 Å². The second kappa shape index (κ2) is 8.40. The van der Waals surface area contributed by atoms with Gasteiger partial charge >= 0.3 is 5.97 Å². The Morgan fingerprint density at radius 2 is 1.91 bits per heavy atom. The van der Waals surface area contributed by atoms with E-state index in [-0.39, 0.29) is 34.2 Å². The van der Waals surface area contributed by atoms with E-state index in [2.05, 4.69) is 4.99 Å². The van der Waals surface area contributed by atoms with Gasteiger partial charge in [-0.15, -0.1) is 0 Å². The first-order valence-corrected chi connectivity index (χ1v) is 11.3. The maximum Gasteiger partial charge on any atom is 0.341 e. The Balaban J connectivity index is 1.62. The lowest BCUT2D eigenvalue weighted by Gasteiger charge is -2.40. The Bertz CT molecular complexity index is 1270. The third-order valence-electron chi connectivity index (χ3n) is 6.75. The number of aliphatic carboxylic acids is 1. The van der Waals surface area contributed by atoms with Crippen LogP contribution in [-0.4, -0.2) is 59.2 Å². The number of Topliss-reactive ketones (excluding diaryl/α,β-unsaturated/α-hetero) is 1. The molecule has 3 aliphatic rings. The summed E-state index contributed by atoms with van der Waals surface area (Å²) in [6.07, 6.45) is 4.04. The Morgan fingerprint density at radius 1 is 1.20 bits per heavy atom. The summed E-state index contributed by atoms with van der Waals surface area (Å²) in [5.41, 5.74) is -2.99. The number of carboxylic acids is 1. The second-order valence-electron chi connectivity index (χ2n) is 9.08. The first-order valence-electron chi connectivity index (χ1n) is 11.3. The van der Waals surface area contributed by atoms with Crippen LogP contribution >= 0.6 is 0 Å². The van der Waals surface area contributed by atoms with Crippen LogP contribution in [0.1, 0.15) is 41.6 Å². The number of carboxylic acid groups (broad SMARTS) is 1. The molecular weight excluding hydrogens is 462 g/mol. The molecular formula is C24H22F2N4O5. The summed E-state index contributed by atoms with van der Waals surface area (Å²) in [5, 5.41) is 21.2. The number of fused-ring (bicyclic) bond motifs is 1. The van der Waals surface area contributed by atoms with Gasteiger partial charge in [-0.25, -0.2) is 13.6 Å². The number of nitro benzene ring substituents is 1. The molecule has 0 bridgehead atoms. The summed E-state index contributed by atoms with van der Waals surface area (Å²) in [6.45, 7) is 0.569. The number of hydrogen-bond acceptors (Lipinski definition) is 7. The van der Waals surface area contributed by atoms with E-state index in [0.29, 0.717) is 25.9 Å². The average molecular weight is 484 g/mol. The van der Waals surface area contributed by atoms with Gasteiger partial charge in [-0.2, -0.15) is 0 Å². The van der Waals surface area contributed by atoms with Crippen molar-refractivity contribution in [2.45, 2.75) is 37.3 Å². The monoisotopic (exact) mass is 484 g/mol. The minimum Gasteiger partial charge on any atom is -0.479 e. The van der Waals surface area contributed by atoms with E-state index in [1.165, 1.54) is 29.2 Å². The van der Waals surface area contributed by atoms with Crippen molar-refractivity contribution in [2.24, 2.45) is 4.99 Å². The van der Waals surface area contributed by atoms with Crippen molar-refractivity contribution in [3.05, 3.63) is 63.2 Å². The van der Waals surface area contributed by atoms with Crippen molar-refractivity contribution in [1.29, 1.82) is 0 Å². The van der Waals surface area contributed by atoms with Gasteiger partial charge in [-0.05, 0) is 37.3 Å². The second-order valence-corrected chi connectivity index (χ2v) is 9.08. The van der Waals surface area contributed by atoms with Crippen LogP contribution in [0.3, 0.4) is 0 Å². The number of ketones is 1. The molecule has 1 saturated carbocycles. The first kappa shape index (κ1) is 22.9. The van der Waals surface area contributed by atoms with Crippen molar-refractivity contribution in [3.63, 3.8) is 0 Å². The standard InChI is InChI=1S/C24H22F2N4O5/c25-18-11-17-20(19(26)21(18)28-8-1-2-9-28)29(15-6-7-15)13-24(22(17)31,23(32)33)27-12-14-4-3-5-16(10-14)30(34)35/h3-5,10-12,15H,1-2,6-9,13H2,(H,32,33). The number of nitrogens with zero attached hydrogens (tertiary/aromatic N) is 4. The molecule has 0 aromatic heterocycles. The number of aliphatic imine (C=N–C) groups is 1. The molecule has 2 aromatic carbocycles. The van der Waals surface area contributed by atoms with Gasteiger partial charge in [0.05, 0.1) is 22.7 Å². The van der Waals surface area contributed by atoms with Crippen molar-refractivity contribution in [1.82, 2.24) is 0 Å². The average Bonchev–Trinajstić information content (AvgIpc) is 3.54. The molecule has 9 nitrogen and oxygen atoms in total. The summed E-state index contributed by atoms with van der Waals surface area (Å²) >= 11 is 0. The number of hydrogen-bond donors (Lipinski definition) is 1. The highest BCUT2D eigenvalue weighted by Gasteiger charge is 2.55. The number of halogens is 2. The summed E-state index contributed by atoms with van der Waals surface area (Å²) in [7, 11) is 0. The molecule has 2 fully saturated rings. The summed E-state index contributed by atoms with van der Waals surface area (Å²) in [6, 6.07) is 6.08. The smallest absolute Gasteiger partial charge is 0.341 e. The number of anilines is 2. The maximum absolute atomic E-state index is 15.8. The van der Waals surface area contributed by atoms with Crippen molar-refractivity contribution in [2.75, 3.05) is 29.4 Å². The predicted octanol–water partition coefficient (Wildman–Crippen LogP) is 3.58. The van der Waals surface area contributed by atoms with E-state index < -0.39 is 40.4 Å². The molecule has 2 heterocycles. The van der Waals surface area contributed by atoms with Crippen LogP contribution in [0.2, 0.25) is 0 Å². The largest absolute Gasteiger partial charge is 0.479 e. The van der Waals surface area contributed by atoms with E-state index in [1.807, 2.05) is 0 Å². The molecule has 35 heavy (non-hydrogen) atoms. The number of non-ortho nitro benzene ring substituents is 1. The van der Waals surface area contributed by atoms with Gasteiger partial charge in [0.15, 0.2) is 5.82 Å². The fourth-order valence-electron chi connectivity index (χ4n) is 4.82. The molecule has 5 rings (SSSR count). The van der Waals surface area contributed by atoms with E-state index in [0.717, 1.165) is 25.1 Å². The maximum atomic E-state index is 15.8. The third-order valence-corrected chi connectivity index (χ3v) is 6.75. The SMILES string of the molecule is O=C(O)C1(N=Cc2cccc([N+](=O)[O-])c2)CN(C2CC2)c2c(cc(F)c(N3CCCC3)c2F)C1=O. The Kier molecular flexibility index (Phi) is 5.49. The predicted molar refractivity (Wildman–Crippen MR) is 124 cm³/mol. The molecule has 182 valence electrons. The lowest BCUT2D eigenvalue weighted by atomic mass is 9.83. The third kappa shape index (κ3) is 3.80. The van der Waals surface area contributed by atoms with Gasteiger partial charge < -0.3 is 14.9 Å². The molecule has 1 saturated heterocycles. The molecule has 0 radical (unpaired) electrons. The van der Waals surface area contributed by atoms with Gasteiger partial charge in [0.1, 0.15) is 11.5 Å². The van der Waals surface area contributed by atoms with Gasteiger partial charge in [0, 0.05) is 37.5 Å². The molecule has 1 atom stereocenters. The highest BCUT2D eigenvalue weighted by Crippen LogP contribution is 2.46. The quantitative estimate of drug-likeness (QED) is 0.288. The summed E-state index contributed by atoms with van der Waals surface area (Å²) in [4.78, 5) is 43.7. The van der Waals surface area contributed by atoms with E-state index >= 15 is 8.78 Å². The van der Waals surface area contributed by atoms with E-state index in [9.17, 15) is 24.8 Å². The zero-order chi connectivity index (χ0) is 24.9. The van der Waals surface area contributed by atoms with Crippen molar-refractivity contribution < 1.29 is 28.4 Å². The number of rotatable bonds is 6. The van der Waals surface area contributed by atoms with Gasteiger partial charge in [-0.3, -0.25) is 19.9 Å². The van der Waals surface area contributed by atoms with Crippen molar-refractivity contribution in [3.8, 4) is 0 Å². The molecule has 1 unspecified atom stereocenters. The topological polar surface area (TPSA) is 116 Å². The van der Waals surface area contributed by atoms with Crippen LogP contribution in [-0.2, 0) is 4.79 Å². The van der Waals surface area contributed by atoms with Crippen LogP contribution in [0.15, 0.2) is 35.3 Å². The van der Waals surface area contributed by atoms with Crippen LogP contribution in [0.5, 0.6) is 0 Å². The van der Waals surface area contributed by atoms with Crippen LogP contribution < -0.4 is 9.80 Å². The molecule has 2 aliphatic heterocycles. The Labute approximate surface area is 198 Å². The fraction of sp³-hybridized carbons (Fsp3) is 0.375. The van der Waals surface area contributed by atoms with Gasteiger partial charge in [0.2, 0.25) is 11.3 Å². The number of carbonyl (C=O) groups is 2. The minimum absolute atomic E-state index is 0.0803. The number of benzene rings is 2.